The molecule has 0 aliphatic heterocycles. The minimum absolute atomic E-state index is 0.134. The lowest BCUT2D eigenvalue weighted by Crippen LogP contribution is -2.15. The second kappa shape index (κ2) is 10.0. The first-order valence-electron chi connectivity index (χ1n) is 12.4. The molecule has 1 atom stereocenters. The van der Waals surface area contributed by atoms with Crippen LogP contribution in [0.1, 0.15) is 137 Å². The molecule has 1 aliphatic rings. The van der Waals surface area contributed by atoms with Crippen molar-refractivity contribution in [3.05, 3.63) is 69.8 Å². The van der Waals surface area contributed by atoms with E-state index in [2.05, 4.69) is 45.9 Å². The van der Waals surface area contributed by atoms with Gasteiger partial charge in [-0.3, -0.25) is 0 Å². The topological polar surface area (TPSA) is 0 Å². The van der Waals surface area contributed by atoms with Crippen LogP contribution in [-0.2, 0) is 6.18 Å². The minimum atomic E-state index is -4.29. The smallest absolute Gasteiger partial charge is 0.166 e. The molecule has 0 nitrogen and oxygen atoms in total. The third-order valence-corrected chi connectivity index (χ3v) is 7.55. The van der Waals surface area contributed by atoms with Gasteiger partial charge in [-0.15, -0.1) is 0 Å². The number of hydrogen-bond acceptors (Lipinski definition) is 0. The SMILES string of the molecule is CCC(C)c1cc(C2CCC(c3ccc(C(C)C)c(C(F)(F)F)c3)CC2)ccc1C(C)C. The Bertz CT molecular complexity index is 899. The zero-order valence-electron chi connectivity index (χ0n) is 20.5. The Morgan fingerprint density at radius 1 is 0.719 bits per heavy atom. The highest BCUT2D eigenvalue weighted by molar-refractivity contribution is 5.40. The lowest BCUT2D eigenvalue weighted by molar-refractivity contribution is -0.138. The zero-order chi connectivity index (χ0) is 23.6. The molecule has 1 aliphatic carbocycles. The number of alkyl halides is 3. The summed E-state index contributed by atoms with van der Waals surface area (Å²) in [5.74, 6) is 1.65. The van der Waals surface area contributed by atoms with E-state index in [1.165, 1.54) is 22.8 Å². The summed E-state index contributed by atoms with van der Waals surface area (Å²) < 4.78 is 41.0. The first kappa shape index (κ1) is 24.9. The highest BCUT2D eigenvalue weighted by atomic mass is 19.4. The minimum Gasteiger partial charge on any atom is -0.166 e. The molecule has 3 rings (SSSR count). The van der Waals surface area contributed by atoms with Crippen LogP contribution in [0, 0.1) is 0 Å². The van der Waals surface area contributed by atoms with E-state index in [0.717, 1.165) is 37.7 Å². The molecule has 1 saturated carbocycles. The van der Waals surface area contributed by atoms with E-state index in [4.69, 9.17) is 0 Å². The van der Waals surface area contributed by atoms with Gasteiger partial charge in [0.2, 0.25) is 0 Å². The van der Waals surface area contributed by atoms with Gasteiger partial charge < -0.3 is 0 Å². The fourth-order valence-electron chi connectivity index (χ4n) is 5.36. The van der Waals surface area contributed by atoms with Gasteiger partial charge in [0.1, 0.15) is 0 Å². The van der Waals surface area contributed by atoms with E-state index >= 15 is 0 Å². The maximum absolute atomic E-state index is 13.7. The molecule has 2 aromatic rings. The van der Waals surface area contributed by atoms with Crippen LogP contribution in [0.4, 0.5) is 13.2 Å². The Kier molecular flexibility index (Phi) is 7.78. The van der Waals surface area contributed by atoms with Crippen molar-refractivity contribution in [1.82, 2.24) is 0 Å². The molecule has 0 radical (unpaired) electrons. The third-order valence-electron chi connectivity index (χ3n) is 7.55. The van der Waals surface area contributed by atoms with Crippen molar-refractivity contribution in [3.8, 4) is 0 Å². The molecule has 0 spiro atoms. The first-order chi connectivity index (χ1) is 15.0. The summed E-state index contributed by atoms with van der Waals surface area (Å²) in [6.07, 6.45) is 0.820. The van der Waals surface area contributed by atoms with Gasteiger partial charge in [0.05, 0.1) is 5.56 Å². The van der Waals surface area contributed by atoms with E-state index in [1.54, 1.807) is 6.07 Å². The predicted octanol–water partition coefficient (Wildman–Crippen LogP) is 9.91. The quantitative estimate of drug-likeness (QED) is 0.416. The van der Waals surface area contributed by atoms with Crippen molar-refractivity contribution in [2.24, 2.45) is 0 Å². The van der Waals surface area contributed by atoms with Gasteiger partial charge in [-0.1, -0.05) is 71.9 Å². The molecular weight excluding hydrogens is 405 g/mol. The van der Waals surface area contributed by atoms with Crippen LogP contribution in [0.2, 0.25) is 0 Å². The number of benzene rings is 2. The summed E-state index contributed by atoms with van der Waals surface area (Å²) in [4.78, 5) is 0. The molecule has 1 unspecified atom stereocenters. The third kappa shape index (κ3) is 5.41. The first-order valence-corrected chi connectivity index (χ1v) is 12.4. The molecule has 0 aromatic heterocycles. The van der Waals surface area contributed by atoms with Crippen LogP contribution in [0.5, 0.6) is 0 Å². The summed E-state index contributed by atoms with van der Waals surface area (Å²) >= 11 is 0. The fraction of sp³-hybridized carbons (Fsp3) is 0.586. The van der Waals surface area contributed by atoms with Crippen molar-refractivity contribution in [2.75, 3.05) is 0 Å². The molecule has 3 heteroatoms. The summed E-state index contributed by atoms with van der Waals surface area (Å²) in [6, 6.07) is 12.1. The van der Waals surface area contributed by atoms with Crippen LogP contribution >= 0.6 is 0 Å². The normalized spacial score (nSPS) is 20.7. The molecule has 0 bridgehead atoms. The van der Waals surface area contributed by atoms with E-state index in [1.807, 2.05) is 19.9 Å². The molecule has 176 valence electrons. The molecule has 0 amide bonds. The molecule has 32 heavy (non-hydrogen) atoms. The maximum atomic E-state index is 13.7. The molecule has 2 aromatic carbocycles. The molecular formula is C29H39F3. The van der Waals surface area contributed by atoms with Crippen molar-refractivity contribution < 1.29 is 13.2 Å². The second-order valence-corrected chi connectivity index (χ2v) is 10.4. The lowest BCUT2D eigenvalue weighted by atomic mass is 9.74. The van der Waals surface area contributed by atoms with Crippen LogP contribution in [0.25, 0.3) is 0 Å². The van der Waals surface area contributed by atoms with Crippen molar-refractivity contribution in [3.63, 3.8) is 0 Å². The summed E-state index contributed by atoms with van der Waals surface area (Å²) in [5, 5.41) is 0. The largest absolute Gasteiger partial charge is 0.416 e. The van der Waals surface area contributed by atoms with Crippen molar-refractivity contribution in [2.45, 2.75) is 109 Å². The van der Waals surface area contributed by atoms with E-state index in [0.29, 0.717) is 23.3 Å². The van der Waals surface area contributed by atoms with Gasteiger partial charge in [-0.25, -0.2) is 0 Å². The predicted molar refractivity (Wildman–Crippen MR) is 129 cm³/mol. The Hall–Kier alpha value is -1.77. The summed E-state index contributed by atoms with van der Waals surface area (Å²) in [6.45, 7) is 12.7. The average Bonchev–Trinajstić information content (AvgIpc) is 2.77. The lowest BCUT2D eigenvalue weighted by Gasteiger charge is -2.31. The highest BCUT2D eigenvalue weighted by Gasteiger charge is 2.35. The van der Waals surface area contributed by atoms with Gasteiger partial charge in [-0.2, -0.15) is 13.2 Å². The molecule has 0 saturated heterocycles. The van der Waals surface area contributed by atoms with Crippen LogP contribution in [-0.4, -0.2) is 0 Å². The summed E-state index contributed by atoms with van der Waals surface area (Å²) in [5.41, 5.74) is 5.14. The number of hydrogen-bond donors (Lipinski definition) is 0. The van der Waals surface area contributed by atoms with Crippen LogP contribution in [0.3, 0.4) is 0 Å². The zero-order valence-corrected chi connectivity index (χ0v) is 20.5. The fourth-order valence-corrected chi connectivity index (χ4v) is 5.36. The Morgan fingerprint density at radius 2 is 1.19 bits per heavy atom. The van der Waals surface area contributed by atoms with Crippen LogP contribution < -0.4 is 0 Å². The standard InChI is InChI=1S/C29H39F3/c1-7-20(6)27-16-23(12-14-25(27)18(2)3)21-8-10-22(11-9-21)24-13-15-26(19(4)5)28(17-24)29(30,31)32/h12-22H,7-11H2,1-6H3. The van der Waals surface area contributed by atoms with Gasteiger partial charge in [0.15, 0.2) is 0 Å². The number of rotatable bonds is 6. The maximum Gasteiger partial charge on any atom is 0.416 e. The Balaban J connectivity index is 1.78. The average molecular weight is 445 g/mol. The summed E-state index contributed by atoms with van der Waals surface area (Å²) in [7, 11) is 0. The van der Waals surface area contributed by atoms with E-state index < -0.39 is 11.7 Å². The second-order valence-electron chi connectivity index (χ2n) is 10.4. The molecule has 1 fully saturated rings. The monoisotopic (exact) mass is 444 g/mol. The Labute approximate surface area is 192 Å². The van der Waals surface area contributed by atoms with Gasteiger partial charge >= 0.3 is 6.18 Å². The van der Waals surface area contributed by atoms with Crippen LogP contribution in [0.15, 0.2) is 36.4 Å². The Morgan fingerprint density at radius 3 is 1.62 bits per heavy atom. The van der Waals surface area contributed by atoms with E-state index in [-0.39, 0.29) is 11.8 Å². The van der Waals surface area contributed by atoms with Gasteiger partial charge in [0.25, 0.3) is 0 Å². The highest BCUT2D eigenvalue weighted by Crippen LogP contribution is 2.44. The van der Waals surface area contributed by atoms with Gasteiger partial charge in [-0.05, 0) is 95.6 Å². The van der Waals surface area contributed by atoms with Gasteiger partial charge in [0, 0.05) is 0 Å². The van der Waals surface area contributed by atoms with Crippen molar-refractivity contribution >= 4 is 0 Å². The van der Waals surface area contributed by atoms with E-state index in [9.17, 15) is 13.2 Å². The molecule has 0 heterocycles. The number of halogens is 3. The molecule has 0 N–H and O–H groups in total. The van der Waals surface area contributed by atoms with Crippen molar-refractivity contribution in [1.29, 1.82) is 0 Å².